The highest BCUT2D eigenvalue weighted by Gasteiger charge is 2.36. The Morgan fingerprint density at radius 2 is 1.91 bits per heavy atom. The van der Waals surface area contributed by atoms with Crippen molar-refractivity contribution in [3.05, 3.63) is 28.0 Å². The summed E-state index contributed by atoms with van der Waals surface area (Å²) in [7, 11) is 0. The number of carbonyl (C=O) groups excluding carboxylic acids is 5. The number of aliphatic hydroxyl groups excluding tert-OH is 2. The summed E-state index contributed by atoms with van der Waals surface area (Å²) in [4.78, 5) is 60.9. The normalized spacial score (nSPS) is 14.1. The van der Waals surface area contributed by atoms with Gasteiger partial charge in [0.2, 0.25) is 34.8 Å². The van der Waals surface area contributed by atoms with Crippen LogP contribution in [0.15, 0.2) is 15.5 Å². The van der Waals surface area contributed by atoms with Gasteiger partial charge in [0.1, 0.15) is 11.7 Å². The Hall–Kier alpha value is -3.03. The molecule has 0 spiro atoms. The number of nitrogens with zero attached hydrogens (tertiary/aromatic N) is 1. The van der Waals surface area contributed by atoms with Crippen molar-refractivity contribution < 1.29 is 43.4 Å². The molecule has 2 amide bonds. The van der Waals surface area contributed by atoms with Crippen molar-refractivity contribution in [2.45, 2.75) is 39.7 Å². The van der Waals surface area contributed by atoms with Gasteiger partial charge in [0, 0.05) is 37.9 Å². The zero-order valence-corrected chi connectivity index (χ0v) is 20.5. The standard InChI is InChI=1S/C22H29N3O9S/c1-4-33-21(32)17-16-18(30)14(9-12(27)19(16)34-25-17)35-8-5-15(29)23-6-7-24-20(31)13(28)10-22(2,3)11-26/h9,13,26,28H,4-8,10-11H2,1-3H3,(H,23,29)(H,24,31). The Kier molecular flexibility index (Phi) is 10.2. The van der Waals surface area contributed by atoms with E-state index in [2.05, 4.69) is 15.8 Å². The summed E-state index contributed by atoms with van der Waals surface area (Å²) in [6, 6.07) is 0. The van der Waals surface area contributed by atoms with Gasteiger partial charge in [-0.2, -0.15) is 0 Å². The van der Waals surface area contributed by atoms with Gasteiger partial charge in [0.05, 0.1) is 11.5 Å². The zero-order chi connectivity index (χ0) is 26.2. The lowest BCUT2D eigenvalue weighted by Crippen LogP contribution is -2.41. The minimum atomic E-state index is -1.27. The first-order valence-corrected chi connectivity index (χ1v) is 11.9. The van der Waals surface area contributed by atoms with Crippen molar-refractivity contribution in [3.8, 4) is 0 Å². The van der Waals surface area contributed by atoms with Gasteiger partial charge in [-0.15, -0.1) is 11.8 Å². The van der Waals surface area contributed by atoms with Crippen molar-refractivity contribution in [3.63, 3.8) is 0 Å². The first-order valence-electron chi connectivity index (χ1n) is 10.9. The molecule has 0 aliphatic heterocycles. The van der Waals surface area contributed by atoms with Crippen LogP contribution in [0, 0.1) is 5.41 Å². The van der Waals surface area contributed by atoms with Gasteiger partial charge < -0.3 is 30.1 Å². The number of hydrogen-bond donors (Lipinski definition) is 4. The first kappa shape index (κ1) is 28.2. The lowest BCUT2D eigenvalue weighted by atomic mass is 9.87. The van der Waals surface area contributed by atoms with E-state index in [4.69, 9.17) is 9.26 Å². The Bertz CT molecular complexity index is 1020. The van der Waals surface area contributed by atoms with Gasteiger partial charge in [-0.25, -0.2) is 4.79 Å². The molecule has 0 radical (unpaired) electrons. The highest BCUT2D eigenvalue weighted by Crippen LogP contribution is 2.31. The molecule has 1 atom stereocenters. The maximum absolute atomic E-state index is 12.7. The van der Waals surface area contributed by atoms with E-state index in [1.807, 2.05) is 0 Å². The molecule has 0 bridgehead atoms. The van der Waals surface area contributed by atoms with Crippen LogP contribution in [0.2, 0.25) is 0 Å². The average Bonchev–Trinajstić information content (AvgIpc) is 3.26. The molecule has 1 aliphatic rings. The SMILES string of the molecule is CCOC(=O)c1noc2c1C(=O)C(SCCC(=O)NCCNC(=O)C(O)CC(C)(C)CO)=CC2=O. The van der Waals surface area contributed by atoms with Crippen LogP contribution in [0.5, 0.6) is 0 Å². The van der Waals surface area contributed by atoms with Crippen LogP contribution in [-0.2, 0) is 14.3 Å². The molecule has 35 heavy (non-hydrogen) atoms. The summed E-state index contributed by atoms with van der Waals surface area (Å²) in [5, 5.41) is 27.7. The van der Waals surface area contributed by atoms with E-state index < -0.39 is 35.0 Å². The fourth-order valence-electron chi connectivity index (χ4n) is 3.02. The number of thioether (sulfide) groups is 1. The fourth-order valence-corrected chi connectivity index (χ4v) is 3.95. The van der Waals surface area contributed by atoms with Crippen molar-refractivity contribution in [2.24, 2.45) is 5.41 Å². The monoisotopic (exact) mass is 511 g/mol. The second kappa shape index (κ2) is 12.6. The van der Waals surface area contributed by atoms with Crippen LogP contribution in [0.1, 0.15) is 65.0 Å². The molecule has 1 aliphatic carbocycles. The molecule has 1 aromatic rings. The number of amides is 2. The fraction of sp³-hybridized carbons (Fsp3) is 0.545. The molecule has 0 saturated carbocycles. The second-order valence-electron chi connectivity index (χ2n) is 8.44. The Morgan fingerprint density at radius 1 is 1.23 bits per heavy atom. The molecule has 12 nitrogen and oxygen atoms in total. The Labute approximate surface area is 205 Å². The Balaban J connectivity index is 1.76. The molecule has 1 heterocycles. The predicted octanol–water partition coefficient (Wildman–Crippen LogP) is 0.239. The number of carbonyl (C=O) groups is 5. The second-order valence-corrected chi connectivity index (χ2v) is 9.58. The number of Topliss-reactive ketones (excluding diaryl/α,β-unsaturated/α-hetero) is 1. The molecule has 1 unspecified atom stereocenters. The third-order valence-electron chi connectivity index (χ3n) is 4.91. The highest BCUT2D eigenvalue weighted by atomic mass is 32.2. The molecular formula is C22H29N3O9S. The van der Waals surface area contributed by atoms with Crippen LogP contribution in [-0.4, -0.2) is 82.9 Å². The number of aromatic nitrogens is 1. The van der Waals surface area contributed by atoms with Crippen LogP contribution >= 0.6 is 11.8 Å². The number of ether oxygens (including phenoxy) is 1. The minimum Gasteiger partial charge on any atom is -0.461 e. The van der Waals surface area contributed by atoms with E-state index >= 15 is 0 Å². The quantitative estimate of drug-likeness (QED) is 0.210. The van der Waals surface area contributed by atoms with Crippen molar-refractivity contribution >= 4 is 41.1 Å². The highest BCUT2D eigenvalue weighted by molar-refractivity contribution is 8.04. The molecule has 192 valence electrons. The third kappa shape index (κ3) is 7.73. The van der Waals surface area contributed by atoms with Crippen LogP contribution in [0.4, 0.5) is 0 Å². The van der Waals surface area contributed by atoms with Gasteiger partial charge in [-0.05, 0) is 18.8 Å². The summed E-state index contributed by atoms with van der Waals surface area (Å²) in [6.07, 6.45) is -0.0881. The van der Waals surface area contributed by atoms with Crippen LogP contribution in [0.25, 0.3) is 0 Å². The summed E-state index contributed by atoms with van der Waals surface area (Å²) in [5.74, 6) is -3.20. The molecule has 4 N–H and O–H groups in total. The van der Waals surface area contributed by atoms with E-state index in [1.165, 1.54) is 0 Å². The van der Waals surface area contributed by atoms with Crippen molar-refractivity contribution in [2.75, 3.05) is 32.1 Å². The predicted molar refractivity (Wildman–Crippen MR) is 124 cm³/mol. The number of ketones is 2. The van der Waals surface area contributed by atoms with Crippen LogP contribution < -0.4 is 10.6 Å². The van der Waals surface area contributed by atoms with Gasteiger partial charge in [0.25, 0.3) is 0 Å². The van der Waals surface area contributed by atoms with E-state index in [-0.39, 0.29) is 72.7 Å². The third-order valence-corrected chi connectivity index (χ3v) is 5.93. The molecule has 13 heteroatoms. The van der Waals surface area contributed by atoms with E-state index in [1.54, 1.807) is 20.8 Å². The van der Waals surface area contributed by atoms with Gasteiger partial charge >= 0.3 is 5.97 Å². The molecular weight excluding hydrogens is 482 g/mol. The number of nitrogens with one attached hydrogen (secondary N) is 2. The molecule has 2 rings (SSSR count). The maximum atomic E-state index is 12.7. The lowest BCUT2D eigenvalue weighted by Gasteiger charge is -2.24. The summed E-state index contributed by atoms with van der Waals surface area (Å²) < 4.78 is 9.68. The average molecular weight is 512 g/mol. The number of esters is 1. The topological polar surface area (TPSA) is 185 Å². The summed E-state index contributed by atoms with van der Waals surface area (Å²) in [6.45, 7) is 5.13. The number of hydrogen-bond acceptors (Lipinski definition) is 11. The van der Waals surface area contributed by atoms with Gasteiger partial charge in [-0.1, -0.05) is 19.0 Å². The maximum Gasteiger partial charge on any atom is 0.361 e. The molecule has 0 aromatic carbocycles. The first-order chi connectivity index (χ1) is 16.5. The van der Waals surface area contributed by atoms with E-state index in [9.17, 15) is 34.2 Å². The van der Waals surface area contributed by atoms with E-state index in [0.717, 1.165) is 17.8 Å². The number of allylic oxidation sites excluding steroid dienone is 2. The minimum absolute atomic E-state index is 0.0198. The molecule has 0 fully saturated rings. The number of aliphatic hydroxyl groups is 2. The zero-order valence-electron chi connectivity index (χ0n) is 19.7. The molecule has 0 saturated heterocycles. The van der Waals surface area contributed by atoms with E-state index in [0.29, 0.717) is 0 Å². The van der Waals surface area contributed by atoms with Crippen molar-refractivity contribution in [1.82, 2.24) is 15.8 Å². The van der Waals surface area contributed by atoms with Crippen molar-refractivity contribution in [1.29, 1.82) is 0 Å². The lowest BCUT2D eigenvalue weighted by molar-refractivity contribution is -0.131. The number of fused-ring (bicyclic) bond motifs is 1. The summed E-state index contributed by atoms with van der Waals surface area (Å²) in [5.41, 5.74) is -1.21. The van der Waals surface area contributed by atoms with Gasteiger partial charge in [0.15, 0.2) is 0 Å². The summed E-state index contributed by atoms with van der Waals surface area (Å²) >= 11 is 0.979. The largest absolute Gasteiger partial charge is 0.461 e. The smallest absolute Gasteiger partial charge is 0.361 e. The van der Waals surface area contributed by atoms with Crippen LogP contribution in [0.3, 0.4) is 0 Å². The number of rotatable bonds is 13. The Morgan fingerprint density at radius 3 is 2.57 bits per heavy atom. The van der Waals surface area contributed by atoms with Gasteiger partial charge in [-0.3, -0.25) is 19.2 Å². The molecule has 1 aromatic heterocycles.